The molecule has 0 spiro atoms. The zero-order valence-electron chi connectivity index (χ0n) is 18.0. The van der Waals surface area contributed by atoms with Gasteiger partial charge in [-0.1, -0.05) is 11.1 Å². The van der Waals surface area contributed by atoms with Crippen molar-refractivity contribution in [1.29, 1.82) is 5.41 Å². The molecule has 1 aliphatic heterocycles. The van der Waals surface area contributed by atoms with E-state index in [1.165, 1.54) is 23.4 Å². The number of anilines is 1. The van der Waals surface area contributed by atoms with Gasteiger partial charge in [-0.15, -0.1) is 0 Å². The molecule has 1 aliphatic carbocycles. The number of oxazole rings is 1. The fourth-order valence-electron chi connectivity index (χ4n) is 4.76. The number of carbonyl (C=O) groups excluding carboxylic acids is 2. The Balaban J connectivity index is 1.58. The van der Waals surface area contributed by atoms with E-state index in [1.807, 2.05) is 0 Å². The van der Waals surface area contributed by atoms with Gasteiger partial charge in [-0.3, -0.25) is 9.59 Å². The second kappa shape index (κ2) is 8.13. The Morgan fingerprint density at radius 2 is 2.21 bits per heavy atom. The quantitative estimate of drug-likeness (QED) is 0.470. The van der Waals surface area contributed by atoms with Crippen LogP contribution < -0.4 is 5.32 Å². The van der Waals surface area contributed by atoms with Crippen molar-refractivity contribution in [3.63, 3.8) is 0 Å². The molecule has 2 aromatic heterocycles. The molecule has 0 radical (unpaired) electrons. The van der Waals surface area contributed by atoms with E-state index in [2.05, 4.69) is 15.3 Å². The van der Waals surface area contributed by atoms with E-state index in [1.54, 1.807) is 13.8 Å². The van der Waals surface area contributed by atoms with E-state index >= 15 is 0 Å². The number of nitrogens with zero attached hydrogens (tertiary/aromatic N) is 3. The first-order valence-corrected chi connectivity index (χ1v) is 10.3. The first-order chi connectivity index (χ1) is 15.6. The zero-order chi connectivity index (χ0) is 24.0. The second-order valence-electron chi connectivity index (χ2n) is 8.35. The van der Waals surface area contributed by atoms with Crippen molar-refractivity contribution >= 4 is 23.8 Å². The lowest BCUT2D eigenvalue weighted by atomic mass is 9.59. The normalized spacial score (nSPS) is 21.0. The van der Waals surface area contributed by atoms with Crippen molar-refractivity contribution in [2.24, 2.45) is 5.41 Å². The highest BCUT2D eigenvalue weighted by atomic mass is 19.4. The predicted octanol–water partition coefficient (Wildman–Crippen LogP) is 4.36. The third-order valence-electron chi connectivity index (χ3n) is 6.53. The van der Waals surface area contributed by atoms with E-state index in [9.17, 15) is 22.8 Å². The fourth-order valence-corrected chi connectivity index (χ4v) is 4.76. The van der Waals surface area contributed by atoms with Crippen molar-refractivity contribution in [1.82, 2.24) is 14.9 Å². The summed E-state index contributed by atoms with van der Waals surface area (Å²) in [7, 11) is 0. The summed E-state index contributed by atoms with van der Waals surface area (Å²) < 4.78 is 43.5. The van der Waals surface area contributed by atoms with E-state index in [-0.39, 0.29) is 30.5 Å². The number of nitrogens with one attached hydrogen (secondary N) is 2. The van der Waals surface area contributed by atoms with Gasteiger partial charge < -0.3 is 20.0 Å². The van der Waals surface area contributed by atoms with E-state index in [0.29, 0.717) is 23.1 Å². The van der Waals surface area contributed by atoms with Crippen LogP contribution in [0.3, 0.4) is 0 Å². The maximum absolute atomic E-state index is 13.2. The van der Waals surface area contributed by atoms with E-state index < -0.39 is 30.0 Å². The highest BCUT2D eigenvalue weighted by Gasteiger charge is 2.51. The van der Waals surface area contributed by atoms with Gasteiger partial charge in [-0.25, -0.2) is 9.97 Å². The van der Waals surface area contributed by atoms with Gasteiger partial charge in [0, 0.05) is 41.4 Å². The van der Waals surface area contributed by atoms with Crippen molar-refractivity contribution in [3.8, 4) is 0 Å². The first kappa shape index (κ1) is 22.7. The number of rotatable bonds is 7. The van der Waals surface area contributed by atoms with Gasteiger partial charge in [0.25, 0.3) is 11.8 Å². The Bertz CT molecular complexity index is 1140. The summed E-state index contributed by atoms with van der Waals surface area (Å²) in [4.78, 5) is 35.0. The van der Waals surface area contributed by atoms with Gasteiger partial charge in [0.05, 0.1) is 12.7 Å². The van der Waals surface area contributed by atoms with Gasteiger partial charge in [0.1, 0.15) is 5.82 Å². The summed E-state index contributed by atoms with van der Waals surface area (Å²) in [5.74, 6) is -0.721. The molecule has 2 amide bonds. The predicted molar refractivity (Wildman–Crippen MR) is 112 cm³/mol. The summed E-state index contributed by atoms with van der Waals surface area (Å²) in [5.41, 5.74) is 1.27. The third-order valence-corrected chi connectivity index (χ3v) is 6.53. The number of fused-ring (bicyclic) bond motifs is 1. The van der Waals surface area contributed by atoms with Crippen LogP contribution in [0.25, 0.3) is 0 Å². The number of allylic oxidation sites excluding steroid dienone is 1. The van der Waals surface area contributed by atoms with Crippen LogP contribution in [0.15, 0.2) is 40.4 Å². The molecule has 0 aromatic carbocycles. The molecule has 1 unspecified atom stereocenters. The van der Waals surface area contributed by atoms with Gasteiger partial charge >= 0.3 is 6.18 Å². The molecule has 0 saturated carbocycles. The molecule has 0 saturated heterocycles. The van der Waals surface area contributed by atoms with Gasteiger partial charge in [0.2, 0.25) is 5.76 Å². The maximum Gasteiger partial charge on any atom is 0.389 e. The molecular formula is C22H22F3N5O3. The average molecular weight is 461 g/mol. The lowest BCUT2D eigenvalue weighted by molar-refractivity contribution is -0.134. The van der Waals surface area contributed by atoms with Gasteiger partial charge in [-0.2, -0.15) is 13.2 Å². The standard InChI is InChI=1S/C22H22F3N5O3/c1-12-7-21(10-26,16(12)3-5-22(23,24)25)13(2)30-9-15-14(20(30)32)4-6-28-18(15)29-19(31)17-8-27-11-33-17/h4,6,8,10-11,13,26H,3,5,7,9H2,1-2H3,(H,28,29,31)/t13?,21-/m0/s1. The lowest BCUT2D eigenvalue weighted by Crippen LogP contribution is -2.52. The number of halogens is 3. The van der Waals surface area contributed by atoms with Gasteiger partial charge in [-0.05, 0) is 32.8 Å². The highest BCUT2D eigenvalue weighted by Crippen LogP contribution is 2.52. The van der Waals surface area contributed by atoms with E-state index in [0.717, 1.165) is 18.2 Å². The third kappa shape index (κ3) is 3.91. The van der Waals surface area contributed by atoms with Crippen LogP contribution in [0.2, 0.25) is 0 Å². The fraction of sp³-hybridized carbons (Fsp3) is 0.409. The number of carbonyl (C=O) groups is 2. The van der Waals surface area contributed by atoms with Crippen LogP contribution >= 0.6 is 0 Å². The number of hydrogen-bond acceptors (Lipinski definition) is 6. The number of pyridine rings is 1. The lowest BCUT2D eigenvalue weighted by Gasteiger charge is -2.49. The molecule has 0 bridgehead atoms. The molecule has 33 heavy (non-hydrogen) atoms. The zero-order valence-corrected chi connectivity index (χ0v) is 18.0. The second-order valence-corrected chi connectivity index (χ2v) is 8.35. The van der Waals surface area contributed by atoms with Crippen LogP contribution in [0.1, 0.15) is 59.6 Å². The molecule has 0 fully saturated rings. The minimum Gasteiger partial charge on any atom is -0.438 e. The Morgan fingerprint density at radius 1 is 1.45 bits per heavy atom. The summed E-state index contributed by atoms with van der Waals surface area (Å²) in [5, 5.41) is 10.7. The molecule has 2 aliphatic rings. The summed E-state index contributed by atoms with van der Waals surface area (Å²) in [6.07, 6.45) is -0.138. The van der Waals surface area contributed by atoms with Crippen molar-refractivity contribution < 1.29 is 27.2 Å². The average Bonchev–Trinajstić information content (AvgIpc) is 3.40. The molecule has 3 heterocycles. The summed E-state index contributed by atoms with van der Waals surface area (Å²) in [6.45, 7) is 3.62. The van der Waals surface area contributed by atoms with Crippen LogP contribution in [0, 0.1) is 10.8 Å². The topological polar surface area (TPSA) is 112 Å². The molecule has 2 atom stereocenters. The molecule has 2 N–H and O–H groups in total. The Hall–Kier alpha value is -3.50. The Labute approximate surface area is 187 Å². The van der Waals surface area contributed by atoms with Crippen LogP contribution in [0.5, 0.6) is 0 Å². The number of aromatic nitrogens is 2. The smallest absolute Gasteiger partial charge is 0.389 e. The first-order valence-electron chi connectivity index (χ1n) is 10.3. The number of amides is 2. The molecule has 174 valence electrons. The van der Waals surface area contributed by atoms with Gasteiger partial charge in [0.15, 0.2) is 6.39 Å². The summed E-state index contributed by atoms with van der Waals surface area (Å²) >= 11 is 0. The van der Waals surface area contributed by atoms with Crippen LogP contribution in [-0.4, -0.2) is 45.1 Å². The number of hydrogen-bond donors (Lipinski definition) is 2. The monoisotopic (exact) mass is 461 g/mol. The minimum absolute atomic E-state index is 0.0175. The highest BCUT2D eigenvalue weighted by molar-refractivity contribution is 6.05. The summed E-state index contributed by atoms with van der Waals surface area (Å²) in [6, 6.07) is 0.984. The maximum atomic E-state index is 13.2. The largest absolute Gasteiger partial charge is 0.438 e. The molecule has 4 rings (SSSR count). The SMILES string of the molecule is CC1=C(CCC(F)(F)F)[C@@](C=N)(C(C)N2Cc3c(ccnc3NC(=O)c3cnco3)C2=O)C1. The number of alkyl halides is 3. The van der Waals surface area contributed by atoms with Crippen molar-refractivity contribution in [3.05, 3.63) is 52.9 Å². The molecular weight excluding hydrogens is 439 g/mol. The molecule has 8 nitrogen and oxygen atoms in total. The van der Waals surface area contributed by atoms with Crippen LogP contribution in [0.4, 0.5) is 19.0 Å². The molecule has 2 aromatic rings. The Morgan fingerprint density at radius 3 is 2.82 bits per heavy atom. The van der Waals surface area contributed by atoms with Crippen LogP contribution in [-0.2, 0) is 6.54 Å². The molecule has 11 heteroatoms. The Kier molecular flexibility index (Phi) is 5.59. The van der Waals surface area contributed by atoms with Crippen molar-refractivity contribution in [2.45, 2.75) is 51.9 Å². The van der Waals surface area contributed by atoms with E-state index in [4.69, 9.17) is 9.83 Å². The minimum atomic E-state index is -4.30. The van der Waals surface area contributed by atoms with Crippen molar-refractivity contribution in [2.75, 3.05) is 5.32 Å².